The van der Waals surface area contributed by atoms with Crippen molar-refractivity contribution in [2.75, 3.05) is 23.2 Å². The van der Waals surface area contributed by atoms with Crippen LogP contribution < -0.4 is 5.32 Å². The minimum atomic E-state index is -0.444. The summed E-state index contributed by atoms with van der Waals surface area (Å²) in [7, 11) is 0. The van der Waals surface area contributed by atoms with Crippen LogP contribution in [-0.4, -0.2) is 40.6 Å². The maximum absolute atomic E-state index is 12.6. The summed E-state index contributed by atoms with van der Waals surface area (Å²) in [5, 5.41) is 2.94. The Labute approximate surface area is 150 Å². The van der Waals surface area contributed by atoms with Gasteiger partial charge in [-0.2, -0.15) is 0 Å². The number of thioether (sulfide) groups is 2. The Balaban J connectivity index is 1.72. The van der Waals surface area contributed by atoms with E-state index < -0.39 is 6.04 Å². The number of rotatable bonds is 4. The van der Waals surface area contributed by atoms with Crippen molar-refractivity contribution in [2.24, 2.45) is 0 Å². The molecule has 0 aromatic heterocycles. The lowest BCUT2D eigenvalue weighted by atomic mass is 10.1. The lowest BCUT2D eigenvalue weighted by molar-refractivity contribution is -0.119. The van der Waals surface area contributed by atoms with E-state index in [2.05, 4.69) is 5.32 Å². The van der Waals surface area contributed by atoms with Gasteiger partial charge in [0.1, 0.15) is 6.04 Å². The van der Waals surface area contributed by atoms with Crippen LogP contribution in [0, 0.1) is 0 Å². The molecule has 2 aromatic rings. The first-order valence-corrected chi connectivity index (χ1v) is 9.95. The zero-order valence-electron chi connectivity index (χ0n) is 13.3. The Kier molecular flexibility index (Phi) is 5.48. The van der Waals surface area contributed by atoms with E-state index in [0.29, 0.717) is 17.2 Å². The number of hydrogen-bond acceptors (Lipinski definition) is 4. The molecule has 0 aliphatic carbocycles. The molecule has 6 heteroatoms. The van der Waals surface area contributed by atoms with E-state index >= 15 is 0 Å². The fraction of sp³-hybridized carbons (Fsp3) is 0.222. The van der Waals surface area contributed by atoms with Crippen molar-refractivity contribution in [3.8, 4) is 0 Å². The van der Waals surface area contributed by atoms with Crippen LogP contribution in [0.1, 0.15) is 10.4 Å². The van der Waals surface area contributed by atoms with Gasteiger partial charge in [-0.15, -0.1) is 23.5 Å². The number of amides is 2. The first-order valence-electron chi connectivity index (χ1n) is 7.57. The van der Waals surface area contributed by atoms with Crippen molar-refractivity contribution >= 4 is 41.0 Å². The highest BCUT2D eigenvalue weighted by atomic mass is 32.2. The number of hydrogen-bond donors (Lipinski definition) is 1. The average Bonchev–Trinajstić information content (AvgIpc) is 3.12. The third-order valence-electron chi connectivity index (χ3n) is 3.80. The summed E-state index contributed by atoms with van der Waals surface area (Å²) < 4.78 is 0. The van der Waals surface area contributed by atoms with Crippen LogP contribution in [-0.2, 0) is 4.79 Å². The molecule has 1 saturated heterocycles. The summed E-state index contributed by atoms with van der Waals surface area (Å²) >= 11 is 3.23. The standard InChI is InChI=1S/C18H18N2O2S2/c1-23-15-9-5-8-14(10-15)19-17(21)16-11-24-12-20(16)18(22)13-6-3-2-4-7-13/h2-10,16H,11-12H2,1H3,(H,19,21). The quantitative estimate of drug-likeness (QED) is 0.849. The summed E-state index contributed by atoms with van der Waals surface area (Å²) in [5.74, 6) is 0.921. The fourth-order valence-electron chi connectivity index (χ4n) is 2.53. The molecular formula is C18H18N2O2S2. The number of anilines is 1. The molecule has 2 amide bonds. The summed E-state index contributed by atoms with van der Waals surface area (Å²) in [5.41, 5.74) is 1.37. The minimum absolute atomic E-state index is 0.0985. The van der Waals surface area contributed by atoms with Crippen LogP contribution >= 0.6 is 23.5 Å². The first kappa shape index (κ1) is 16.9. The molecule has 1 fully saturated rings. The fourth-order valence-corrected chi connectivity index (χ4v) is 4.15. The van der Waals surface area contributed by atoms with E-state index in [1.54, 1.807) is 40.6 Å². The third-order valence-corrected chi connectivity index (χ3v) is 5.54. The summed E-state index contributed by atoms with van der Waals surface area (Å²) in [4.78, 5) is 28.0. The molecule has 1 heterocycles. The predicted octanol–water partition coefficient (Wildman–Crippen LogP) is 3.56. The van der Waals surface area contributed by atoms with Crippen LogP contribution in [0.2, 0.25) is 0 Å². The van der Waals surface area contributed by atoms with Gasteiger partial charge in [0.2, 0.25) is 5.91 Å². The Morgan fingerprint density at radius 2 is 1.96 bits per heavy atom. The molecular weight excluding hydrogens is 340 g/mol. The lowest BCUT2D eigenvalue weighted by Gasteiger charge is -2.23. The molecule has 1 aliphatic rings. The van der Waals surface area contributed by atoms with E-state index in [9.17, 15) is 9.59 Å². The second-order valence-corrected chi connectivity index (χ2v) is 7.26. The van der Waals surface area contributed by atoms with Gasteiger partial charge < -0.3 is 10.2 Å². The number of benzene rings is 2. The maximum Gasteiger partial charge on any atom is 0.255 e. The summed E-state index contributed by atoms with van der Waals surface area (Å²) in [6.45, 7) is 0. The van der Waals surface area contributed by atoms with Crippen molar-refractivity contribution in [3.63, 3.8) is 0 Å². The highest BCUT2D eigenvalue weighted by molar-refractivity contribution is 7.99. The predicted molar refractivity (Wildman–Crippen MR) is 101 cm³/mol. The van der Waals surface area contributed by atoms with E-state index in [0.717, 1.165) is 10.6 Å². The largest absolute Gasteiger partial charge is 0.324 e. The van der Waals surface area contributed by atoms with Crippen LogP contribution in [0.15, 0.2) is 59.5 Å². The number of nitrogens with zero attached hydrogens (tertiary/aromatic N) is 1. The van der Waals surface area contributed by atoms with Gasteiger partial charge in [-0.3, -0.25) is 9.59 Å². The number of carbonyl (C=O) groups excluding carboxylic acids is 2. The summed E-state index contributed by atoms with van der Waals surface area (Å²) in [6, 6.07) is 16.4. The van der Waals surface area contributed by atoms with Gasteiger partial charge in [0.05, 0.1) is 5.88 Å². The van der Waals surface area contributed by atoms with Gasteiger partial charge in [0.15, 0.2) is 0 Å². The zero-order valence-corrected chi connectivity index (χ0v) is 14.9. The van der Waals surface area contributed by atoms with E-state index in [4.69, 9.17) is 0 Å². The topological polar surface area (TPSA) is 49.4 Å². The zero-order chi connectivity index (χ0) is 16.9. The molecule has 2 aromatic carbocycles. The van der Waals surface area contributed by atoms with E-state index in [-0.39, 0.29) is 11.8 Å². The molecule has 0 radical (unpaired) electrons. The van der Waals surface area contributed by atoms with Gasteiger partial charge in [-0.25, -0.2) is 0 Å². The molecule has 124 valence electrons. The summed E-state index contributed by atoms with van der Waals surface area (Å²) in [6.07, 6.45) is 1.99. The van der Waals surface area contributed by atoms with Gasteiger partial charge in [-0.1, -0.05) is 24.3 Å². The van der Waals surface area contributed by atoms with Gasteiger partial charge in [0.25, 0.3) is 5.91 Å². The Morgan fingerprint density at radius 1 is 1.17 bits per heavy atom. The molecule has 1 N–H and O–H groups in total. The molecule has 4 nitrogen and oxygen atoms in total. The van der Waals surface area contributed by atoms with Gasteiger partial charge in [-0.05, 0) is 36.6 Å². The minimum Gasteiger partial charge on any atom is -0.324 e. The molecule has 0 spiro atoms. The number of carbonyl (C=O) groups is 2. The molecule has 0 saturated carbocycles. The monoisotopic (exact) mass is 358 g/mol. The van der Waals surface area contributed by atoms with E-state index in [1.165, 1.54) is 0 Å². The van der Waals surface area contributed by atoms with Crippen molar-refractivity contribution in [1.82, 2.24) is 4.90 Å². The smallest absolute Gasteiger partial charge is 0.255 e. The Morgan fingerprint density at radius 3 is 2.71 bits per heavy atom. The molecule has 3 rings (SSSR count). The highest BCUT2D eigenvalue weighted by Crippen LogP contribution is 2.25. The average molecular weight is 358 g/mol. The van der Waals surface area contributed by atoms with Crippen molar-refractivity contribution in [1.29, 1.82) is 0 Å². The molecule has 24 heavy (non-hydrogen) atoms. The normalized spacial score (nSPS) is 16.9. The number of nitrogens with one attached hydrogen (secondary N) is 1. The van der Waals surface area contributed by atoms with Crippen LogP contribution in [0.3, 0.4) is 0 Å². The van der Waals surface area contributed by atoms with Crippen LogP contribution in [0.4, 0.5) is 5.69 Å². The lowest BCUT2D eigenvalue weighted by Crippen LogP contribution is -2.44. The van der Waals surface area contributed by atoms with Crippen molar-refractivity contribution < 1.29 is 9.59 Å². The van der Waals surface area contributed by atoms with Gasteiger partial charge >= 0.3 is 0 Å². The first-order chi connectivity index (χ1) is 11.7. The Hall–Kier alpha value is -1.92. The van der Waals surface area contributed by atoms with E-state index in [1.807, 2.05) is 48.7 Å². The second-order valence-electron chi connectivity index (χ2n) is 5.38. The SMILES string of the molecule is CSc1cccc(NC(=O)C2CSCN2C(=O)c2ccccc2)c1. The highest BCUT2D eigenvalue weighted by Gasteiger charge is 2.35. The van der Waals surface area contributed by atoms with Crippen LogP contribution in [0.25, 0.3) is 0 Å². The van der Waals surface area contributed by atoms with Crippen LogP contribution in [0.5, 0.6) is 0 Å². The molecule has 1 aliphatic heterocycles. The maximum atomic E-state index is 12.6. The molecule has 1 unspecified atom stereocenters. The Bertz CT molecular complexity index is 737. The van der Waals surface area contributed by atoms with Gasteiger partial charge in [0, 0.05) is 21.9 Å². The molecule has 1 atom stereocenters. The third kappa shape index (κ3) is 3.76. The second kappa shape index (κ2) is 7.77. The van der Waals surface area contributed by atoms with Crippen molar-refractivity contribution in [3.05, 3.63) is 60.2 Å². The van der Waals surface area contributed by atoms with Crippen molar-refractivity contribution in [2.45, 2.75) is 10.9 Å². The molecule has 0 bridgehead atoms.